The van der Waals surface area contributed by atoms with Crippen LogP contribution in [0.25, 0.3) is 11.3 Å². The number of aromatic amines is 1. The molecule has 1 aliphatic rings. The van der Waals surface area contributed by atoms with Crippen molar-refractivity contribution in [2.24, 2.45) is 0 Å². The third-order valence-electron chi connectivity index (χ3n) is 3.54. The van der Waals surface area contributed by atoms with Gasteiger partial charge in [0.2, 0.25) is 0 Å². The minimum Gasteiger partial charge on any atom is -0.466 e. The highest BCUT2D eigenvalue weighted by atomic mass is 32.1. The number of aromatic nitrogens is 1. The van der Waals surface area contributed by atoms with Crippen molar-refractivity contribution in [1.29, 1.82) is 0 Å². The first-order valence-electron chi connectivity index (χ1n) is 7.30. The van der Waals surface area contributed by atoms with Crippen LogP contribution in [0, 0.1) is 3.95 Å². The van der Waals surface area contributed by atoms with E-state index in [-0.39, 0.29) is 12.1 Å². The second kappa shape index (κ2) is 6.73. The number of hydrogen-bond acceptors (Lipinski definition) is 5. The lowest BCUT2D eigenvalue weighted by Gasteiger charge is -2.13. The Morgan fingerprint density at radius 3 is 3.05 bits per heavy atom. The van der Waals surface area contributed by atoms with E-state index in [2.05, 4.69) is 17.1 Å². The maximum absolute atomic E-state index is 11.3. The third kappa shape index (κ3) is 2.99. The molecule has 1 aliphatic carbocycles. The molecule has 0 saturated carbocycles. The second-order valence-electron chi connectivity index (χ2n) is 5.00. The summed E-state index contributed by atoms with van der Waals surface area (Å²) in [6, 6.07) is 8.18. The van der Waals surface area contributed by atoms with Crippen LogP contribution < -0.4 is 0 Å². The number of benzene rings is 1. The van der Waals surface area contributed by atoms with Crippen LogP contribution in [0.4, 0.5) is 0 Å². The molecule has 4 nitrogen and oxygen atoms in total. The van der Waals surface area contributed by atoms with Gasteiger partial charge in [-0.25, -0.2) is 0 Å². The largest absolute Gasteiger partial charge is 0.466 e. The number of ether oxygens (including phenoxy) is 2. The summed E-state index contributed by atoms with van der Waals surface area (Å²) >= 11 is 6.80. The van der Waals surface area contributed by atoms with Crippen molar-refractivity contribution in [2.45, 2.75) is 25.9 Å². The monoisotopic (exact) mass is 335 g/mol. The normalized spacial score (nSPS) is 15.4. The Labute approximate surface area is 138 Å². The van der Waals surface area contributed by atoms with E-state index >= 15 is 0 Å². The van der Waals surface area contributed by atoms with Crippen LogP contribution in [-0.4, -0.2) is 24.2 Å². The lowest BCUT2D eigenvalue weighted by molar-refractivity contribution is -0.143. The van der Waals surface area contributed by atoms with Gasteiger partial charge in [0.15, 0.2) is 3.95 Å². The Morgan fingerprint density at radius 2 is 2.23 bits per heavy atom. The molecule has 1 atom stereocenters. The molecule has 0 spiro atoms. The lowest BCUT2D eigenvalue weighted by Crippen LogP contribution is -2.08. The molecule has 0 radical (unpaired) electrons. The van der Waals surface area contributed by atoms with Gasteiger partial charge in [-0.3, -0.25) is 4.79 Å². The van der Waals surface area contributed by atoms with E-state index in [1.165, 1.54) is 0 Å². The molecule has 1 N–H and O–H groups in total. The minimum absolute atomic E-state index is 0.0913. The van der Waals surface area contributed by atoms with Crippen molar-refractivity contribution in [3.8, 4) is 11.3 Å². The standard InChI is InChI=1S/C16H17NO3S2/c1-2-19-12(18)8-5-9-20-14-11-7-4-3-6-10(11)13-15(14)22-16(21)17-13/h3-4,6-7,14H,2,5,8-9H2,1H3,(H,17,21). The van der Waals surface area contributed by atoms with Gasteiger partial charge >= 0.3 is 5.97 Å². The predicted molar refractivity (Wildman–Crippen MR) is 88.6 cm³/mol. The number of fused-ring (bicyclic) bond motifs is 3. The van der Waals surface area contributed by atoms with Gasteiger partial charge in [0, 0.05) is 18.6 Å². The zero-order chi connectivity index (χ0) is 15.5. The zero-order valence-electron chi connectivity index (χ0n) is 12.3. The lowest BCUT2D eigenvalue weighted by atomic mass is 10.1. The van der Waals surface area contributed by atoms with Crippen molar-refractivity contribution in [3.05, 3.63) is 38.7 Å². The fourth-order valence-corrected chi connectivity index (χ4v) is 3.92. The van der Waals surface area contributed by atoms with Crippen LogP contribution >= 0.6 is 23.6 Å². The van der Waals surface area contributed by atoms with Gasteiger partial charge in [-0.15, -0.1) is 11.3 Å². The average molecular weight is 335 g/mol. The Balaban J connectivity index is 1.69. The summed E-state index contributed by atoms with van der Waals surface area (Å²) in [5.41, 5.74) is 3.38. The topological polar surface area (TPSA) is 51.3 Å². The maximum atomic E-state index is 11.3. The van der Waals surface area contributed by atoms with Crippen molar-refractivity contribution in [1.82, 2.24) is 4.98 Å². The predicted octanol–water partition coefficient (Wildman–Crippen LogP) is 4.24. The molecule has 1 aromatic heterocycles. The molecule has 1 heterocycles. The summed E-state index contributed by atoms with van der Waals surface area (Å²) in [4.78, 5) is 15.7. The molecule has 0 saturated heterocycles. The van der Waals surface area contributed by atoms with Gasteiger partial charge in [-0.2, -0.15) is 0 Å². The van der Waals surface area contributed by atoms with Crippen LogP contribution in [0.5, 0.6) is 0 Å². The maximum Gasteiger partial charge on any atom is 0.305 e. The molecular weight excluding hydrogens is 318 g/mol. The summed E-state index contributed by atoms with van der Waals surface area (Å²) in [5, 5.41) is 0. The summed E-state index contributed by atoms with van der Waals surface area (Å²) in [7, 11) is 0. The van der Waals surface area contributed by atoms with Crippen LogP contribution in [0.2, 0.25) is 0 Å². The Morgan fingerprint density at radius 1 is 1.41 bits per heavy atom. The summed E-state index contributed by atoms with van der Waals surface area (Å²) < 4.78 is 11.7. The quantitative estimate of drug-likeness (QED) is 0.487. The van der Waals surface area contributed by atoms with Gasteiger partial charge in [0.05, 0.1) is 17.2 Å². The Hall–Kier alpha value is -1.50. The van der Waals surface area contributed by atoms with Gasteiger partial charge in [-0.1, -0.05) is 24.3 Å². The molecule has 0 fully saturated rings. The van der Waals surface area contributed by atoms with Crippen molar-refractivity contribution < 1.29 is 14.3 Å². The molecule has 0 bridgehead atoms. The molecule has 116 valence electrons. The molecular formula is C16H17NO3S2. The zero-order valence-corrected chi connectivity index (χ0v) is 13.9. The van der Waals surface area contributed by atoms with Crippen molar-refractivity contribution >= 4 is 29.5 Å². The van der Waals surface area contributed by atoms with Gasteiger partial charge < -0.3 is 14.5 Å². The summed E-state index contributed by atoms with van der Waals surface area (Å²) in [6.07, 6.45) is 0.951. The van der Waals surface area contributed by atoms with Crippen LogP contribution in [-0.2, 0) is 14.3 Å². The van der Waals surface area contributed by atoms with Gasteiger partial charge in [-0.05, 0) is 31.1 Å². The fraction of sp³-hybridized carbons (Fsp3) is 0.375. The Kier molecular flexibility index (Phi) is 4.71. The Bertz CT molecular complexity index is 735. The van der Waals surface area contributed by atoms with Gasteiger partial charge in [0.25, 0.3) is 0 Å². The highest BCUT2D eigenvalue weighted by molar-refractivity contribution is 7.73. The highest BCUT2D eigenvalue weighted by Crippen LogP contribution is 2.46. The third-order valence-corrected chi connectivity index (χ3v) is 4.82. The molecule has 2 aromatic rings. The molecule has 0 aliphatic heterocycles. The molecule has 3 rings (SSSR count). The van der Waals surface area contributed by atoms with Crippen LogP contribution in [0.1, 0.15) is 36.3 Å². The van der Waals surface area contributed by atoms with E-state index in [1.54, 1.807) is 11.3 Å². The number of H-pyrrole nitrogens is 1. The number of hydrogen-bond donors (Lipinski definition) is 1. The smallest absolute Gasteiger partial charge is 0.305 e. The number of rotatable bonds is 6. The number of thiazole rings is 1. The first kappa shape index (κ1) is 15.4. The van der Waals surface area contributed by atoms with Crippen molar-refractivity contribution in [2.75, 3.05) is 13.2 Å². The second-order valence-corrected chi connectivity index (χ2v) is 6.72. The average Bonchev–Trinajstić information content (AvgIpc) is 3.00. The van der Waals surface area contributed by atoms with Gasteiger partial charge in [0.1, 0.15) is 6.10 Å². The molecule has 0 amide bonds. The van der Waals surface area contributed by atoms with Crippen LogP contribution in [0.15, 0.2) is 24.3 Å². The molecule has 22 heavy (non-hydrogen) atoms. The fourth-order valence-electron chi connectivity index (χ4n) is 2.64. The number of nitrogens with one attached hydrogen (secondary N) is 1. The van der Waals surface area contributed by atoms with E-state index in [4.69, 9.17) is 21.7 Å². The number of carbonyl (C=O) groups is 1. The van der Waals surface area contributed by atoms with Crippen molar-refractivity contribution in [3.63, 3.8) is 0 Å². The SMILES string of the molecule is CCOC(=O)CCCOC1c2ccccc2-c2[nH]c(=S)sc21. The molecule has 1 unspecified atom stereocenters. The van der Waals surface area contributed by atoms with E-state index in [9.17, 15) is 4.79 Å². The van der Waals surface area contributed by atoms with Crippen LogP contribution in [0.3, 0.4) is 0 Å². The number of esters is 1. The first-order valence-corrected chi connectivity index (χ1v) is 8.52. The molecule has 1 aromatic carbocycles. The summed E-state index contributed by atoms with van der Waals surface area (Å²) in [5.74, 6) is -0.170. The molecule has 6 heteroatoms. The van der Waals surface area contributed by atoms with E-state index in [0.29, 0.717) is 26.1 Å². The minimum atomic E-state index is -0.170. The summed E-state index contributed by atoms with van der Waals surface area (Å²) in [6.45, 7) is 2.75. The van der Waals surface area contributed by atoms with E-state index < -0.39 is 0 Å². The van der Waals surface area contributed by atoms with E-state index in [0.717, 1.165) is 25.7 Å². The highest BCUT2D eigenvalue weighted by Gasteiger charge is 2.31. The number of carbonyl (C=O) groups excluding carboxylic acids is 1. The first-order chi connectivity index (χ1) is 10.7. The van der Waals surface area contributed by atoms with E-state index in [1.807, 2.05) is 19.1 Å².